The van der Waals surface area contributed by atoms with Gasteiger partial charge in [0.15, 0.2) is 0 Å². The van der Waals surface area contributed by atoms with Crippen LogP contribution >= 0.6 is 0 Å². The Balaban J connectivity index is 2.03. The molecular weight excluding hydrogens is 214 g/mol. The maximum atomic E-state index is 9.55. The van der Waals surface area contributed by atoms with Crippen LogP contribution in [0.3, 0.4) is 0 Å². The van der Waals surface area contributed by atoms with Gasteiger partial charge in [-0.05, 0) is 30.3 Å². The molecule has 17 heavy (non-hydrogen) atoms. The standard InChI is InChI=1S/C14H11NO2/c15-9-11-5-7-13(8-6-11)17-10-12-3-1-2-4-14(12)16/h1-8,16H,10H2. The van der Waals surface area contributed by atoms with Gasteiger partial charge in [0, 0.05) is 5.56 Å². The molecule has 0 aromatic heterocycles. The second kappa shape index (κ2) is 5.04. The third-order valence-electron chi connectivity index (χ3n) is 2.37. The SMILES string of the molecule is N#Cc1ccc(OCc2ccccc2O)cc1. The molecule has 0 unspecified atom stereocenters. The summed E-state index contributed by atoms with van der Waals surface area (Å²) in [6.45, 7) is 0.304. The fourth-order valence-electron chi connectivity index (χ4n) is 1.42. The molecule has 0 aliphatic rings. The van der Waals surface area contributed by atoms with Crippen LogP contribution in [-0.2, 0) is 6.61 Å². The van der Waals surface area contributed by atoms with Gasteiger partial charge in [-0.25, -0.2) is 0 Å². The van der Waals surface area contributed by atoms with E-state index in [2.05, 4.69) is 0 Å². The molecule has 1 N–H and O–H groups in total. The number of nitriles is 1. The fraction of sp³-hybridized carbons (Fsp3) is 0.0714. The van der Waals surface area contributed by atoms with Crippen LogP contribution < -0.4 is 4.74 Å². The van der Waals surface area contributed by atoms with Crippen LogP contribution in [0.25, 0.3) is 0 Å². The van der Waals surface area contributed by atoms with Crippen molar-refractivity contribution >= 4 is 0 Å². The Kier molecular flexibility index (Phi) is 3.27. The molecule has 0 aliphatic carbocycles. The lowest BCUT2D eigenvalue weighted by molar-refractivity contribution is 0.299. The van der Waals surface area contributed by atoms with Crippen LogP contribution in [0.15, 0.2) is 48.5 Å². The zero-order valence-corrected chi connectivity index (χ0v) is 9.13. The van der Waals surface area contributed by atoms with E-state index >= 15 is 0 Å². The van der Waals surface area contributed by atoms with Crippen LogP contribution in [0.5, 0.6) is 11.5 Å². The summed E-state index contributed by atoms with van der Waals surface area (Å²) in [6, 6.07) is 15.9. The van der Waals surface area contributed by atoms with Crippen LogP contribution in [0, 0.1) is 11.3 Å². The summed E-state index contributed by atoms with van der Waals surface area (Å²) in [6.07, 6.45) is 0. The predicted octanol–water partition coefficient (Wildman–Crippen LogP) is 2.84. The van der Waals surface area contributed by atoms with Gasteiger partial charge in [0.1, 0.15) is 18.1 Å². The molecule has 0 fully saturated rings. The highest BCUT2D eigenvalue weighted by Crippen LogP contribution is 2.19. The van der Waals surface area contributed by atoms with E-state index in [1.165, 1.54) is 0 Å². The van der Waals surface area contributed by atoms with Crippen LogP contribution in [0.1, 0.15) is 11.1 Å². The minimum Gasteiger partial charge on any atom is -0.508 e. The molecule has 2 rings (SSSR count). The first-order valence-corrected chi connectivity index (χ1v) is 5.19. The number of para-hydroxylation sites is 1. The number of rotatable bonds is 3. The number of phenols is 1. The first-order chi connectivity index (χ1) is 8.29. The van der Waals surface area contributed by atoms with Crippen molar-refractivity contribution in [1.82, 2.24) is 0 Å². The van der Waals surface area contributed by atoms with Gasteiger partial charge in [-0.3, -0.25) is 0 Å². The Morgan fingerprint density at radius 1 is 1.06 bits per heavy atom. The quantitative estimate of drug-likeness (QED) is 0.873. The third kappa shape index (κ3) is 2.76. The zero-order valence-electron chi connectivity index (χ0n) is 9.13. The normalized spacial score (nSPS) is 9.59. The molecule has 0 bridgehead atoms. The van der Waals surface area contributed by atoms with Gasteiger partial charge >= 0.3 is 0 Å². The highest BCUT2D eigenvalue weighted by Gasteiger charge is 2.00. The molecule has 3 nitrogen and oxygen atoms in total. The van der Waals surface area contributed by atoms with Crippen LogP contribution in [-0.4, -0.2) is 5.11 Å². The van der Waals surface area contributed by atoms with Gasteiger partial charge in [0.05, 0.1) is 11.6 Å². The molecule has 3 heteroatoms. The largest absolute Gasteiger partial charge is 0.508 e. The maximum absolute atomic E-state index is 9.55. The molecule has 0 spiro atoms. The molecule has 0 heterocycles. The lowest BCUT2D eigenvalue weighted by Gasteiger charge is -2.07. The molecule has 0 amide bonds. The summed E-state index contributed by atoms with van der Waals surface area (Å²) in [5.74, 6) is 0.897. The van der Waals surface area contributed by atoms with Crippen molar-refractivity contribution in [2.75, 3.05) is 0 Å². The molecule has 0 saturated heterocycles. The van der Waals surface area contributed by atoms with Gasteiger partial charge in [-0.15, -0.1) is 0 Å². The van der Waals surface area contributed by atoms with Crippen LogP contribution in [0.4, 0.5) is 0 Å². The number of benzene rings is 2. The van der Waals surface area contributed by atoms with Gasteiger partial charge in [-0.2, -0.15) is 5.26 Å². The van der Waals surface area contributed by atoms with Gasteiger partial charge in [-0.1, -0.05) is 18.2 Å². The highest BCUT2D eigenvalue weighted by atomic mass is 16.5. The number of nitrogens with zero attached hydrogens (tertiary/aromatic N) is 1. The van der Waals surface area contributed by atoms with Crippen molar-refractivity contribution in [2.24, 2.45) is 0 Å². The molecule has 2 aromatic carbocycles. The summed E-state index contributed by atoms with van der Waals surface area (Å²) >= 11 is 0. The molecule has 0 saturated carbocycles. The van der Waals surface area contributed by atoms with E-state index in [4.69, 9.17) is 10.00 Å². The van der Waals surface area contributed by atoms with Gasteiger partial charge in [0.25, 0.3) is 0 Å². The minimum absolute atomic E-state index is 0.223. The summed E-state index contributed by atoms with van der Waals surface area (Å²) in [5.41, 5.74) is 1.33. The van der Waals surface area contributed by atoms with E-state index < -0.39 is 0 Å². The minimum atomic E-state index is 0.223. The summed E-state index contributed by atoms with van der Waals surface area (Å²) in [7, 11) is 0. The fourth-order valence-corrected chi connectivity index (χ4v) is 1.42. The average molecular weight is 225 g/mol. The van der Waals surface area contributed by atoms with Crippen molar-refractivity contribution in [2.45, 2.75) is 6.61 Å². The summed E-state index contributed by atoms with van der Waals surface area (Å²) in [5, 5.41) is 18.2. The topological polar surface area (TPSA) is 53.2 Å². The van der Waals surface area contributed by atoms with Crippen molar-refractivity contribution in [3.63, 3.8) is 0 Å². The smallest absolute Gasteiger partial charge is 0.122 e. The Hall–Kier alpha value is -2.47. The predicted molar refractivity (Wildman–Crippen MR) is 63.6 cm³/mol. The molecule has 2 aromatic rings. The van der Waals surface area contributed by atoms with Crippen molar-refractivity contribution < 1.29 is 9.84 Å². The van der Waals surface area contributed by atoms with E-state index in [0.29, 0.717) is 17.9 Å². The Bertz CT molecular complexity index is 541. The van der Waals surface area contributed by atoms with Crippen LogP contribution in [0.2, 0.25) is 0 Å². The van der Waals surface area contributed by atoms with Crippen molar-refractivity contribution in [1.29, 1.82) is 5.26 Å². The Morgan fingerprint density at radius 2 is 1.76 bits per heavy atom. The Labute approximate surface area is 99.5 Å². The first kappa shape index (κ1) is 11.0. The van der Waals surface area contributed by atoms with E-state index in [1.807, 2.05) is 12.1 Å². The number of hydrogen-bond acceptors (Lipinski definition) is 3. The third-order valence-corrected chi connectivity index (χ3v) is 2.37. The lowest BCUT2D eigenvalue weighted by atomic mass is 10.2. The second-order valence-electron chi connectivity index (χ2n) is 3.55. The summed E-state index contributed by atoms with van der Waals surface area (Å²) < 4.78 is 5.50. The monoisotopic (exact) mass is 225 g/mol. The number of aromatic hydroxyl groups is 1. The first-order valence-electron chi connectivity index (χ1n) is 5.19. The molecule has 0 atom stereocenters. The number of hydrogen-bond donors (Lipinski definition) is 1. The average Bonchev–Trinajstić information content (AvgIpc) is 2.38. The molecule has 0 radical (unpaired) electrons. The van der Waals surface area contributed by atoms with Crippen molar-refractivity contribution in [3.05, 3.63) is 59.7 Å². The van der Waals surface area contributed by atoms with E-state index in [0.717, 1.165) is 5.56 Å². The summed E-state index contributed by atoms with van der Waals surface area (Å²) in [4.78, 5) is 0. The van der Waals surface area contributed by atoms with E-state index in [9.17, 15) is 5.11 Å². The molecule has 0 aliphatic heterocycles. The molecule has 84 valence electrons. The maximum Gasteiger partial charge on any atom is 0.122 e. The highest BCUT2D eigenvalue weighted by molar-refractivity contribution is 5.35. The van der Waals surface area contributed by atoms with E-state index in [1.54, 1.807) is 42.5 Å². The molecular formula is C14H11NO2. The Morgan fingerprint density at radius 3 is 2.41 bits per heavy atom. The number of ether oxygens (including phenoxy) is 1. The van der Waals surface area contributed by atoms with Gasteiger partial charge in [0.2, 0.25) is 0 Å². The zero-order chi connectivity index (χ0) is 12.1. The second-order valence-corrected chi connectivity index (χ2v) is 3.55. The number of phenolic OH excluding ortho intramolecular Hbond substituents is 1. The van der Waals surface area contributed by atoms with Crippen molar-refractivity contribution in [3.8, 4) is 17.6 Å². The lowest BCUT2D eigenvalue weighted by Crippen LogP contribution is -1.95. The van der Waals surface area contributed by atoms with Gasteiger partial charge < -0.3 is 9.84 Å². The van der Waals surface area contributed by atoms with E-state index in [-0.39, 0.29) is 5.75 Å².